The van der Waals surface area contributed by atoms with Gasteiger partial charge in [-0.2, -0.15) is 0 Å². The summed E-state index contributed by atoms with van der Waals surface area (Å²) in [4.78, 5) is 14.4. The van der Waals surface area contributed by atoms with Crippen molar-refractivity contribution < 1.29 is 9.53 Å². The number of nitrogens with zero attached hydrogens (tertiary/aromatic N) is 1. The highest BCUT2D eigenvalue weighted by atomic mass is 35.5. The molecule has 142 valence electrons. The van der Waals surface area contributed by atoms with Gasteiger partial charge in [0.15, 0.2) is 0 Å². The first-order chi connectivity index (χ1) is 13.1. The van der Waals surface area contributed by atoms with Crippen molar-refractivity contribution in [1.29, 1.82) is 0 Å². The van der Waals surface area contributed by atoms with E-state index in [1.165, 1.54) is 4.88 Å². The van der Waals surface area contributed by atoms with E-state index < -0.39 is 0 Å². The number of nitrogens with one attached hydrogen (secondary N) is 1. The minimum Gasteiger partial charge on any atom is -0.486 e. The Hall–Kier alpha value is -1.98. The van der Waals surface area contributed by atoms with Gasteiger partial charge in [-0.1, -0.05) is 37.9 Å². The zero-order valence-electron chi connectivity index (χ0n) is 15.5. The summed E-state index contributed by atoms with van der Waals surface area (Å²) < 4.78 is 8.14. The molecule has 0 aliphatic carbocycles. The first-order valence-corrected chi connectivity index (χ1v) is 10.7. The number of hydrogen-bond donors (Lipinski definition) is 1. The van der Waals surface area contributed by atoms with E-state index in [0.717, 1.165) is 35.9 Å². The van der Waals surface area contributed by atoms with Crippen molar-refractivity contribution in [3.05, 3.63) is 51.3 Å². The van der Waals surface area contributed by atoms with Gasteiger partial charge in [-0.3, -0.25) is 4.79 Å². The zero-order chi connectivity index (χ0) is 19.0. The van der Waals surface area contributed by atoms with E-state index in [9.17, 15) is 4.79 Å². The van der Waals surface area contributed by atoms with Crippen molar-refractivity contribution in [2.24, 2.45) is 0 Å². The van der Waals surface area contributed by atoms with Crippen LogP contribution >= 0.6 is 22.9 Å². The van der Waals surface area contributed by atoms with Crippen LogP contribution in [0.5, 0.6) is 5.75 Å². The fourth-order valence-corrected chi connectivity index (χ4v) is 4.74. The number of hydrogen-bond acceptors (Lipinski definition) is 3. The Balaban J connectivity index is 1.72. The van der Waals surface area contributed by atoms with Crippen LogP contribution in [0.15, 0.2) is 35.7 Å². The van der Waals surface area contributed by atoms with Gasteiger partial charge in [-0.05, 0) is 42.5 Å². The van der Waals surface area contributed by atoms with Crippen molar-refractivity contribution in [2.45, 2.75) is 51.8 Å². The van der Waals surface area contributed by atoms with Crippen LogP contribution in [0, 0.1) is 0 Å². The Labute approximate surface area is 168 Å². The van der Waals surface area contributed by atoms with Gasteiger partial charge in [0.2, 0.25) is 0 Å². The van der Waals surface area contributed by atoms with Crippen molar-refractivity contribution in [1.82, 2.24) is 9.88 Å². The molecule has 0 fully saturated rings. The van der Waals surface area contributed by atoms with Crippen LogP contribution in [-0.4, -0.2) is 16.6 Å². The average Bonchev–Trinajstić information content (AvgIpc) is 3.33. The van der Waals surface area contributed by atoms with Crippen LogP contribution in [0.1, 0.15) is 54.5 Å². The summed E-state index contributed by atoms with van der Waals surface area (Å²) in [5.41, 5.74) is 1.57. The molecule has 3 aromatic rings. The third-order valence-electron chi connectivity index (χ3n) is 5.11. The minimum absolute atomic E-state index is 0.0325. The lowest BCUT2D eigenvalue weighted by Crippen LogP contribution is -2.33. The van der Waals surface area contributed by atoms with Crippen LogP contribution < -0.4 is 10.1 Å². The Morgan fingerprint density at radius 3 is 2.96 bits per heavy atom. The molecule has 0 bridgehead atoms. The molecule has 2 aromatic heterocycles. The number of amides is 1. The second kappa shape index (κ2) is 7.56. The van der Waals surface area contributed by atoms with Gasteiger partial charge in [-0.15, -0.1) is 11.3 Å². The summed E-state index contributed by atoms with van der Waals surface area (Å²) >= 11 is 8.09. The molecule has 27 heavy (non-hydrogen) atoms. The molecular formula is C21H23ClN2O2S. The van der Waals surface area contributed by atoms with Crippen LogP contribution in [0.3, 0.4) is 0 Å². The molecule has 1 aliphatic rings. The van der Waals surface area contributed by atoms with E-state index in [1.807, 2.05) is 24.3 Å². The zero-order valence-corrected chi connectivity index (χ0v) is 17.1. The second-order valence-electron chi connectivity index (χ2n) is 6.93. The molecule has 3 heterocycles. The summed E-state index contributed by atoms with van der Waals surface area (Å²) in [6, 6.07) is 9.78. The van der Waals surface area contributed by atoms with E-state index in [1.54, 1.807) is 11.3 Å². The first kappa shape index (κ1) is 18.4. The standard InChI is InChI=1S/C21H23ClN2O2S/c1-3-6-16(19-7-5-10-27-19)23-21(25)17-11-14-15(22)8-9-18-20(14)24(17)12-13(4-2)26-18/h5,7-11,13,16H,3-4,6,12H2,1-2H3,(H,23,25)/t13-,16-/m1/s1. The fourth-order valence-electron chi connectivity index (χ4n) is 3.72. The summed E-state index contributed by atoms with van der Waals surface area (Å²) in [6.45, 7) is 4.89. The molecule has 4 nitrogen and oxygen atoms in total. The maximum Gasteiger partial charge on any atom is 0.268 e. The SMILES string of the molecule is CCC[C@@H](NC(=O)c1cc2c(Cl)ccc3c2n1C[C@@H](CC)O3)c1cccs1. The lowest BCUT2D eigenvalue weighted by atomic mass is 10.1. The first-order valence-electron chi connectivity index (χ1n) is 9.45. The Morgan fingerprint density at radius 2 is 2.26 bits per heavy atom. The number of aromatic nitrogens is 1. The molecule has 1 N–H and O–H groups in total. The van der Waals surface area contributed by atoms with E-state index in [4.69, 9.17) is 16.3 Å². The molecule has 0 spiro atoms. The third-order valence-corrected chi connectivity index (χ3v) is 6.42. The van der Waals surface area contributed by atoms with Gasteiger partial charge in [-0.25, -0.2) is 0 Å². The molecular weight excluding hydrogens is 380 g/mol. The van der Waals surface area contributed by atoms with Crippen LogP contribution in [0.4, 0.5) is 0 Å². The normalized spacial score (nSPS) is 16.9. The minimum atomic E-state index is -0.0585. The Bertz CT molecular complexity index is 964. The van der Waals surface area contributed by atoms with Gasteiger partial charge >= 0.3 is 0 Å². The molecule has 4 rings (SSSR count). The number of thiophene rings is 1. The highest BCUT2D eigenvalue weighted by Gasteiger charge is 2.28. The average molecular weight is 403 g/mol. The molecule has 1 amide bonds. The lowest BCUT2D eigenvalue weighted by Gasteiger charge is -2.27. The van der Waals surface area contributed by atoms with E-state index in [0.29, 0.717) is 17.3 Å². The van der Waals surface area contributed by atoms with Crippen LogP contribution in [0.25, 0.3) is 10.9 Å². The van der Waals surface area contributed by atoms with Crippen LogP contribution in [-0.2, 0) is 6.54 Å². The number of rotatable bonds is 6. The highest BCUT2D eigenvalue weighted by molar-refractivity contribution is 7.10. The monoisotopic (exact) mass is 402 g/mol. The third kappa shape index (κ3) is 3.34. The summed E-state index contributed by atoms with van der Waals surface area (Å²) in [5, 5.41) is 6.80. The predicted molar refractivity (Wildman–Crippen MR) is 111 cm³/mol. The molecule has 0 saturated carbocycles. The van der Waals surface area contributed by atoms with Crippen molar-refractivity contribution in [3.63, 3.8) is 0 Å². The number of benzene rings is 1. The largest absolute Gasteiger partial charge is 0.486 e. The van der Waals surface area contributed by atoms with Gasteiger partial charge in [0.25, 0.3) is 5.91 Å². The fraction of sp³-hybridized carbons (Fsp3) is 0.381. The summed E-state index contributed by atoms with van der Waals surface area (Å²) in [5.74, 6) is 0.742. The smallest absolute Gasteiger partial charge is 0.268 e. The van der Waals surface area contributed by atoms with Crippen LogP contribution in [0.2, 0.25) is 5.02 Å². The van der Waals surface area contributed by atoms with Gasteiger partial charge in [0.05, 0.1) is 23.1 Å². The highest BCUT2D eigenvalue weighted by Crippen LogP contribution is 2.38. The Kier molecular flexibility index (Phi) is 5.15. The van der Waals surface area contributed by atoms with E-state index in [2.05, 4.69) is 35.2 Å². The quantitative estimate of drug-likeness (QED) is 0.566. The maximum atomic E-state index is 13.2. The number of carbonyl (C=O) groups is 1. The molecule has 0 radical (unpaired) electrons. The van der Waals surface area contributed by atoms with Gasteiger partial charge < -0.3 is 14.6 Å². The molecule has 0 saturated heterocycles. The summed E-state index contributed by atoms with van der Waals surface area (Å²) in [7, 11) is 0. The number of carbonyl (C=O) groups excluding carboxylic acids is 1. The predicted octanol–water partition coefficient (Wildman–Crippen LogP) is 5.80. The second-order valence-corrected chi connectivity index (χ2v) is 8.31. The summed E-state index contributed by atoms with van der Waals surface area (Å²) in [6.07, 6.45) is 2.87. The molecule has 2 atom stereocenters. The molecule has 6 heteroatoms. The Morgan fingerprint density at radius 1 is 1.41 bits per heavy atom. The van der Waals surface area contributed by atoms with Crippen molar-refractivity contribution in [2.75, 3.05) is 0 Å². The number of ether oxygens (including phenoxy) is 1. The van der Waals surface area contributed by atoms with Gasteiger partial charge in [0.1, 0.15) is 17.5 Å². The van der Waals surface area contributed by atoms with E-state index >= 15 is 0 Å². The topological polar surface area (TPSA) is 43.3 Å². The van der Waals surface area contributed by atoms with E-state index in [-0.39, 0.29) is 18.1 Å². The molecule has 1 aromatic carbocycles. The number of halogens is 1. The molecule has 1 aliphatic heterocycles. The van der Waals surface area contributed by atoms with Gasteiger partial charge in [0, 0.05) is 10.3 Å². The van der Waals surface area contributed by atoms with Crippen molar-refractivity contribution >= 4 is 39.7 Å². The molecule has 0 unspecified atom stereocenters. The maximum absolute atomic E-state index is 13.2. The van der Waals surface area contributed by atoms with Crippen molar-refractivity contribution in [3.8, 4) is 5.75 Å². The lowest BCUT2D eigenvalue weighted by molar-refractivity contribution is 0.0919.